The van der Waals surface area contributed by atoms with Crippen LogP contribution in [-0.2, 0) is 10.0 Å². The molecule has 34 heavy (non-hydrogen) atoms. The highest BCUT2D eigenvalue weighted by Crippen LogP contribution is 2.48. The molecule has 0 bridgehead atoms. The highest BCUT2D eigenvalue weighted by Gasteiger charge is 2.50. The molecule has 0 aliphatic carbocycles. The van der Waals surface area contributed by atoms with Crippen molar-refractivity contribution in [2.24, 2.45) is 5.41 Å². The maximum Gasteiger partial charge on any atom is 0.390 e. The zero-order chi connectivity index (χ0) is 24.6. The Morgan fingerprint density at radius 1 is 0.912 bits per heavy atom. The van der Waals surface area contributed by atoms with E-state index in [0.717, 1.165) is 15.4 Å². The predicted molar refractivity (Wildman–Crippen MR) is 129 cm³/mol. The van der Waals surface area contributed by atoms with Crippen LogP contribution in [0.1, 0.15) is 18.9 Å². The van der Waals surface area contributed by atoms with Crippen molar-refractivity contribution in [1.82, 2.24) is 4.31 Å². The Morgan fingerprint density at radius 3 is 2.00 bits per heavy atom. The Morgan fingerprint density at radius 2 is 1.44 bits per heavy atom. The Balaban J connectivity index is 1.70. The topological polar surface area (TPSA) is 37.4 Å². The lowest BCUT2D eigenvalue weighted by atomic mass is 9.80. The molecular formula is C26H23ClF3NO2S. The van der Waals surface area contributed by atoms with E-state index in [0.29, 0.717) is 5.56 Å². The normalized spacial score (nSPS) is 21.0. The van der Waals surface area contributed by atoms with Crippen LogP contribution in [0.5, 0.6) is 0 Å². The molecule has 1 saturated heterocycles. The summed E-state index contributed by atoms with van der Waals surface area (Å²) < 4.78 is 68.5. The molecule has 178 valence electrons. The molecule has 3 nitrogen and oxygen atoms in total. The van der Waals surface area contributed by atoms with Gasteiger partial charge in [-0.15, -0.1) is 0 Å². The van der Waals surface area contributed by atoms with Gasteiger partial charge in [0.05, 0.1) is 11.3 Å². The minimum atomic E-state index is -4.48. The van der Waals surface area contributed by atoms with E-state index in [1.54, 1.807) is 42.5 Å². The van der Waals surface area contributed by atoms with Gasteiger partial charge in [0.2, 0.25) is 10.0 Å². The first kappa shape index (κ1) is 24.5. The van der Waals surface area contributed by atoms with Crippen molar-refractivity contribution >= 4 is 26.7 Å². The molecule has 0 N–H and O–H groups in total. The van der Waals surface area contributed by atoms with Crippen molar-refractivity contribution in [3.05, 3.63) is 96.1 Å². The van der Waals surface area contributed by atoms with Gasteiger partial charge in [-0.3, -0.25) is 0 Å². The fraction of sp³-hybridized carbons (Fsp3) is 0.231. The van der Waals surface area contributed by atoms with E-state index < -0.39 is 28.0 Å². The third kappa shape index (κ3) is 5.06. The molecule has 0 saturated carbocycles. The number of rotatable bonds is 5. The molecule has 0 unspecified atom stereocenters. The third-order valence-corrected chi connectivity index (χ3v) is 8.32. The number of nitrogens with zero attached hydrogens (tertiary/aromatic N) is 1. The summed E-state index contributed by atoms with van der Waals surface area (Å²) in [5.74, 6) is 0. The minimum absolute atomic E-state index is 0.0265. The molecule has 4 rings (SSSR count). The first-order chi connectivity index (χ1) is 16.0. The standard InChI is InChI=1S/C26H23ClF3NO2S/c1-25(17-26(28,29)30)18-31(16-23(25)24(27)21-10-6-3-7-11-21)34(32,33)22-14-12-20(13-15-22)19-8-4-2-5-9-19/h2-15H,16-18H2,1H3/b24-23+/t25-/m0/s1. The van der Waals surface area contributed by atoms with Crippen molar-refractivity contribution in [3.8, 4) is 11.1 Å². The number of hydrogen-bond acceptors (Lipinski definition) is 2. The number of benzene rings is 3. The van der Waals surface area contributed by atoms with Gasteiger partial charge in [-0.25, -0.2) is 8.42 Å². The summed E-state index contributed by atoms with van der Waals surface area (Å²) in [6, 6.07) is 24.5. The zero-order valence-electron chi connectivity index (χ0n) is 18.4. The van der Waals surface area contributed by atoms with Crippen LogP contribution in [0.3, 0.4) is 0 Å². The average Bonchev–Trinajstić information content (AvgIpc) is 3.16. The molecule has 0 radical (unpaired) electrons. The summed E-state index contributed by atoms with van der Waals surface area (Å²) in [7, 11) is -4.04. The van der Waals surface area contributed by atoms with E-state index in [-0.39, 0.29) is 28.6 Å². The SMILES string of the molecule is C[C@]1(CC(F)(F)F)CN(S(=O)(=O)c2ccc(-c3ccccc3)cc2)C/C1=C(\Cl)c1ccccc1. The third-order valence-electron chi connectivity index (χ3n) is 6.07. The molecule has 8 heteroatoms. The van der Waals surface area contributed by atoms with Gasteiger partial charge in [0.15, 0.2) is 0 Å². The molecule has 0 amide bonds. The van der Waals surface area contributed by atoms with Crippen LogP contribution in [0.25, 0.3) is 16.2 Å². The Hall–Kier alpha value is -2.61. The highest BCUT2D eigenvalue weighted by atomic mass is 35.5. The number of hydrogen-bond donors (Lipinski definition) is 0. The van der Waals surface area contributed by atoms with E-state index in [2.05, 4.69) is 0 Å². The van der Waals surface area contributed by atoms with Gasteiger partial charge in [0, 0.05) is 23.5 Å². The summed E-state index contributed by atoms with van der Waals surface area (Å²) in [5, 5.41) is 0.157. The van der Waals surface area contributed by atoms with Crippen LogP contribution < -0.4 is 0 Å². The average molecular weight is 506 g/mol. The van der Waals surface area contributed by atoms with Crippen molar-refractivity contribution in [3.63, 3.8) is 0 Å². The van der Waals surface area contributed by atoms with E-state index in [4.69, 9.17) is 11.6 Å². The van der Waals surface area contributed by atoms with Crippen LogP contribution in [0, 0.1) is 5.41 Å². The Kier molecular flexibility index (Phi) is 6.64. The molecule has 3 aromatic rings. The monoisotopic (exact) mass is 505 g/mol. The van der Waals surface area contributed by atoms with Gasteiger partial charge in [0.25, 0.3) is 0 Å². The fourth-order valence-corrected chi connectivity index (χ4v) is 6.32. The molecule has 1 aliphatic heterocycles. The second-order valence-electron chi connectivity index (χ2n) is 8.67. The lowest BCUT2D eigenvalue weighted by Crippen LogP contribution is -2.33. The van der Waals surface area contributed by atoms with Crippen LogP contribution in [0.15, 0.2) is 95.4 Å². The molecule has 1 aliphatic rings. The maximum absolute atomic E-state index is 13.5. The summed E-state index contributed by atoms with van der Waals surface area (Å²) in [5.41, 5.74) is 1.12. The summed E-state index contributed by atoms with van der Waals surface area (Å²) in [6.45, 7) is 0.909. The largest absolute Gasteiger partial charge is 0.390 e. The molecule has 3 aromatic carbocycles. The molecule has 1 heterocycles. The van der Waals surface area contributed by atoms with Crippen LogP contribution in [0.2, 0.25) is 0 Å². The van der Waals surface area contributed by atoms with Crippen molar-refractivity contribution in [1.29, 1.82) is 0 Å². The molecule has 1 atom stereocenters. The van der Waals surface area contributed by atoms with Crippen LogP contribution in [-0.4, -0.2) is 32.0 Å². The molecule has 0 spiro atoms. The summed E-state index contributed by atoms with van der Waals surface area (Å²) >= 11 is 6.57. The van der Waals surface area contributed by atoms with E-state index in [1.807, 2.05) is 30.3 Å². The van der Waals surface area contributed by atoms with E-state index in [1.165, 1.54) is 19.1 Å². The number of sulfonamides is 1. The first-order valence-corrected chi connectivity index (χ1v) is 12.5. The maximum atomic E-state index is 13.5. The van der Waals surface area contributed by atoms with Gasteiger partial charge in [0.1, 0.15) is 0 Å². The van der Waals surface area contributed by atoms with E-state index >= 15 is 0 Å². The quantitative estimate of drug-likeness (QED) is 0.375. The van der Waals surface area contributed by atoms with Gasteiger partial charge in [-0.05, 0) is 34.4 Å². The lowest BCUT2D eigenvalue weighted by Gasteiger charge is -2.28. The Bertz CT molecular complexity index is 1290. The predicted octanol–water partition coefficient (Wildman–Crippen LogP) is 6.97. The molecule has 0 aromatic heterocycles. The van der Waals surface area contributed by atoms with E-state index in [9.17, 15) is 21.6 Å². The highest BCUT2D eigenvalue weighted by molar-refractivity contribution is 7.89. The van der Waals surface area contributed by atoms with Gasteiger partial charge >= 0.3 is 6.18 Å². The fourth-order valence-electron chi connectivity index (χ4n) is 4.37. The summed E-state index contributed by atoms with van der Waals surface area (Å²) in [4.78, 5) is 0.0265. The number of alkyl halides is 3. The second-order valence-corrected chi connectivity index (χ2v) is 11.0. The molecule has 1 fully saturated rings. The first-order valence-electron chi connectivity index (χ1n) is 10.7. The number of halogens is 4. The van der Waals surface area contributed by atoms with Gasteiger partial charge in [-0.2, -0.15) is 17.5 Å². The van der Waals surface area contributed by atoms with Crippen LogP contribution in [0.4, 0.5) is 13.2 Å². The van der Waals surface area contributed by atoms with Crippen molar-refractivity contribution in [2.75, 3.05) is 13.1 Å². The molecular weight excluding hydrogens is 483 g/mol. The smallest absolute Gasteiger partial charge is 0.207 e. The van der Waals surface area contributed by atoms with Gasteiger partial charge in [-0.1, -0.05) is 91.3 Å². The van der Waals surface area contributed by atoms with Crippen molar-refractivity contribution < 1.29 is 21.6 Å². The van der Waals surface area contributed by atoms with Crippen LogP contribution >= 0.6 is 11.6 Å². The summed E-state index contributed by atoms with van der Waals surface area (Å²) in [6.07, 6.45) is -5.65. The minimum Gasteiger partial charge on any atom is -0.207 e. The van der Waals surface area contributed by atoms with Crippen molar-refractivity contribution in [2.45, 2.75) is 24.4 Å². The second kappa shape index (κ2) is 9.21. The Labute approximate surface area is 202 Å². The lowest BCUT2D eigenvalue weighted by molar-refractivity contribution is -0.150. The van der Waals surface area contributed by atoms with Gasteiger partial charge < -0.3 is 0 Å². The zero-order valence-corrected chi connectivity index (χ0v) is 20.0.